The van der Waals surface area contributed by atoms with E-state index in [1.165, 1.54) is 28.9 Å². The molecule has 0 fully saturated rings. The average Bonchev–Trinajstić information content (AvgIpc) is 3.22. The lowest BCUT2D eigenvalue weighted by Crippen LogP contribution is -2.28. The third-order valence-electron chi connectivity index (χ3n) is 3.69. The highest BCUT2D eigenvalue weighted by Crippen LogP contribution is 2.22. The Balaban J connectivity index is 1.73. The molecule has 12 heteroatoms. The standard InChI is InChI=1S/C17H18N4O5S3/c1-3-26-11-4-5-12-13(8-11)28-17(21(12)2)20-15(23)10-29(24,25)9-14(22)19-16-18-6-7-27-16/h4-8H,3,9-10H2,1-2H3,(H,18,19,22). The third kappa shape index (κ3) is 5.49. The number of amides is 2. The Morgan fingerprint density at radius 1 is 1.31 bits per heavy atom. The van der Waals surface area contributed by atoms with E-state index in [0.29, 0.717) is 22.3 Å². The van der Waals surface area contributed by atoms with Gasteiger partial charge in [-0.15, -0.1) is 11.3 Å². The van der Waals surface area contributed by atoms with E-state index >= 15 is 0 Å². The first-order valence-corrected chi connectivity index (χ1v) is 12.0. The molecule has 0 aliphatic rings. The number of hydrogen-bond donors (Lipinski definition) is 1. The number of nitrogens with one attached hydrogen (secondary N) is 1. The van der Waals surface area contributed by atoms with Gasteiger partial charge in [-0.3, -0.25) is 9.59 Å². The number of nitrogens with zero attached hydrogens (tertiary/aromatic N) is 3. The molecule has 1 aromatic carbocycles. The van der Waals surface area contributed by atoms with Crippen molar-refractivity contribution in [1.82, 2.24) is 9.55 Å². The van der Waals surface area contributed by atoms with Gasteiger partial charge in [0.2, 0.25) is 5.91 Å². The van der Waals surface area contributed by atoms with Crippen LogP contribution >= 0.6 is 22.7 Å². The minimum atomic E-state index is -3.96. The van der Waals surface area contributed by atoms with E-state index in [2.05, 4.69) is 15.3 Å². The van der Waals surface area contributed by atoms with Gasteiger partial charge in [-0.2, -0.15) is 4.99 Å². The fourth-order valence-corrected chi connectivity index (χ4v) is 5.12. The van der Waals surface area contributed by atoms with E-state index in [0.717, 1.165) is 10.2 Å². The molecule has 3 rings (SSSR count). The second-order valence-electron chi connectivity index (χ2n) is 5.93. The SMILES string of the molecule is CCOc1ccc2c(c1)sc(=NC(=O)CS(=O)(=O)CC(=O)Nc1nccs1)n2C. The van der Waals surface area contributed by atoms with Crippen molar-refractivity contribution in [2.45, 2.75) is 6.92 Å². The second-order valence-corrected chi connectivity index (χ2v) is 9.90. The number of carbonyl (C=O) groups is 2. The van der Waals surface area contributed by atoms with Gasteiger partial charge in [-0.05, 0) is 25.1 Å². The molecule has 2 heterocycles. The monoisotopic (exact) mass is 454 g/mol. The highest BCUT2D eigenvalue weighted by atomic mass is 32.2. The average molecular weight is 455 g/mol. The van der Waals surface area contributed by atoms with E-state index in [4.69, 9.17) is 4.74 Å². The van der Waals surface area contributed by atoms with E-state index in [9.17, 15) is 18.0 Å². The van der Waals surface area contributed by atoms with Crippen LogP contribution in [0.2, 0.25) is 0 Å². The molecule has 0 radical (unpaired) electrons. The van der Waals surface area contributed by atoms with E-state index < -0.39 is 33.2 Å². The molecule has 0 aliphatic heterocycles. The zero-order valence-corrected chi connectivity index (χ0v) is 18.1. The summed E-state index contributed by atoms with van der Waals surface area (Å²) in [5.74, 6) is -2.54. The summed E-state index contributed by atoms with van der Waals surface area (Å²) in [7, 11) is -2.23. The maximum absolute atomic E-state index is 12.2. The molecule has 0 saturated heterocycles. The van der Waals surface area contributed by atoms with Crippen LogP contribution in [0.3, 0.4) is 0 Å². The van der Waals surface area contributed by atoms with E-state index in [-0.39, 0.29) is 0 Å². The van der Waals surface area contributed by atoms with Crippen molar-refractivity contribution in [1.29, 1.82) is 0 Å². The van der Waals surface area contributed by atoms with Crippen LogP contribution in [0.25, 0.3) is 10.2 Å². The molecule has 0 bridgehead atoms. The normalized spacial score (nSPS) is 12.3. The lowest BCUT2D eigenvalue weighted by atomic mass is 10.3. The molecule has 2 amide bonds. The smallest absolute Gasteiger partial charge is 0.263 e. The van der Waals surface area contributed by atoms with Gasteiger partial charge >= 0.3 is 0 Å². The van der Waals surface area contributed by atoms with Crippen molar-refractivity contribution in [3.05, 3.63) is 34.6 Å². The van der Waals surface area contributed by atoms with Gasteiger partial charge in [0.15, 0.2) is 19.8 Å². The summed E-state index contributed by atoms with van der Waals surface area (Å²) in [5.41, 5.74) is 0.843. The molecule has 2 aromatic heterocycles. The first-order valence-electron chi connectivity index (χ1n) is 8.47. The molecule has 0 spiro atoms. The van der Waals surface area contributed by atoms with Crippen molar-refractivity contribution in [2.75, 3.05) is 23.4 Å². The highest BCUT2D eigenvalue weighted by molar-refractivity contribution is 7.92. The van der Waals surface area contributed by atoms with Crippen LogP contribution in [0.1, 0.15) is 6.92 Å². The van der Waals surface area contributed by atoms with Crippen LogP contribution < -0.4 is 14.9 Å². The summed E-state index contributed by atoms with van der Waals surface area (Å²) in [6.45, 7) is 2.42. The fraction of sp³-hybridized carbons (Fsp3) is 0.294. The van der Waals surface area contributed by atoms with Crippen molar-refractivity contribution >= 4 is 59.7 Å². The number of carbonyl (C=O) groups excluding carboxylic acids is 2. The summed E-state index contributed by atoms with van der Waals surface area (Å²) in [4.78, 5) is 32.2. The number of aryl methyl sites for hydroxylation is 1. The van der Waals surface area contributed by atoms with Crippen molar-refractivity contribution in [2.24, 2.45) is 12.0 Å². The zero-order chi connectivity index (χ0) is 21.0. The Hall–Kier alpha value is -2.57. The van der Waals surface area contributed by atoms with Gasteiger partial charge in [0.25, 0.3) is 5.91 Å². The Morgan fingerprint density at radius 2 is 2.10 bits per heavy atom. The van der Waals surface area contributed by atoms with Gasteiger partial charge in [0.1, 0.15) is 17.3 Å². The quantitative estimate of drug-likeness (QED) is 0.579. The number of hydrogen-bond acceptors (Lipinski definition) is 8. The number of aromatic nitrogens is 2. The number of rotatable bonds is 7. The number of fused-ring (bicyclic) bond motifs is 1. The number of anilines is 1. The summed E-state index contributed by atoms with van der Waals surface area (Å²) >= 11 is 2.42. The van der Waals surface area contributed by atoms with Crippen LogP contribution in [0.4, 0.5) is 5.13 Å². The molecule has 9 nitrogen and oxygen atoms in total. The topological polar surface area (TPSA) is 120 Å². The van der Waals surface area contributed by atoms with Crippen LogP contribution in [0, 0.1) is 0 Å². The van der Waals surface area contributed by atoms with Crippen LogP contribution in [0.5, 0.6) is 5.75 Å². The number of sulfone groups is 1. The Morgan fingerprint density at radius 3 is 2.79 bits per heavy atom. The minimum absolute atomic E-state index is 0.296. The van der Waals surface area contributed by atoms with Crippen LogP contribution in [-0.2, 0) is 26.5 Å². The Kier molecular flexibility index (Phi) is 6.45. The maximum Gasteiger partial charge on any atom is 0.263 e. The van der Waals surface area contributed by atoms with Crippen LogP contribution in [-0.4, -0.2) is 47.9 Å². The first kappa shape index (κ1) is 21.1. The van der Waals surface area contributed by atoms with Crippen molar-refractivity contribution < 1.29 is 22.7 Å². The number of ether oxygens (including phenoxy) is 1. The Labute approximate surface area is 174 Å². The largest absolute Gasteiger partial charge is 0.494 e. The molecule has 0 unspecified atom stereocenters. The van der Waals surface area contributed by atoms with Gasteiger partial charge < -0.3 is 14.6 Å². The van der Waals surface area contributed by atoms with Crippen molar-refractivity contribution in [3.63, 3.8) is 0 Å². The molecule has 29 heavy (non-hydrogen) atoms. The third-order valence-corrected chi connectivity index (χ3v) is 6.86. The molecular weight excluding hydrogens is 436 g/mol. The molecule has 0 atom stereocenters. The second kappa shape index (κ2) is 8.84. The van der Waals surface area contributed by atoms with Gasteiger partial charge in [-0.25, -0.2) is 13.4 Å². The highest BCUT2D eigenvalue weighted by Gasteiger charge is 2.21. The number of thiazole rings is 2. The van der Waals surface area contributed by atoms with Gasteiger partial charge in [0.05, 0.1) is 16.8 Å². The van der Waals surface area contributed by atoms with E-state index in [1.54, 1.807) is 17.0 Å². The summed E-state index contributed by atoms with van der Waals surface area (Å²) in [6, 6.07) is 5.50. The summed E-state index contributed by atoms with van der Waals surface area (Å²) in [5, 5.41) is 4.32. The molecule has 1 N–H and O–H groups in total. The van der Waals surface area contributed by atoms with Crippen LogP contribution in [0.15, 0.2) is 34.8 Å². The fourth-order valence-electron chi connectivity index (χ4n) is 2.50. The van der Waals surface area contributed by atoms with E-state index in [1.807, 2.05) is 25.1 Å². The summed E-state index contributed by atoms with van der Waals surface area (Å²) < 4.78 is 32.4. The molecular formula is C17H18N4O5S3. The maximum atomic E-state index is 12.2. The molecule has 3 aromatic rings. The predicted octanol–water partition coefficient (Wildman–Crippen LogP) is 1.58. The van der Waals surface area contributed by atoms with Gasteiger partial charge in [0, 0.05) is 18.6 Å². The predicted molar refractivity (Wildman–Crippen MR) is 112 cm³/mol. The minimum Gasteiger partial charge on any atom is -0.494 e. The van der Waals surface area contributed by atoms with Crippen molar-refractivity contribution in [3.8, 4) is 5.75 Å². The Bertz CT molecular complexity index is 1210. The first-order chi connectivity index (χ1) is 13.8. The van der Waals surface area contributed by atoms with Gasteiger partial charge in [-0.1, -0.05) is 11.3 Å². The lowest BCUT2D eigenvalue weighted by Gasteiger charge is -2.02. The molecule has 0 aliphatic carbocycles. The molecule has 0 saturated carbocycles. The molecule has 154 valence electrons. The number of benzene rings is 1. The zero-order valence-electron chi connectivity index (χ0n) is 15.6. The summed E-state index contributed by atoms with van der Waals surface area (Å²) in [6.07, 6.45) is 1.49. The lowest BCUT2D eigenvalue weighted by molar-refractivity contribution is -0.115.